The van der Waals surface area contributed by atoms with E-state index in [0.717, 1.165) is 6.07 Å². The minimum absolute atomic E-state index is 0.0400. The number of rotatable bonds is 3. The van der Waals surface area contributed by atoms with Crippen LogP contribution in [0.1, 0.15) is 15.9 Å². The Balaban J connectivity index is 2.06. The molecule has 21 heavy (non-hydrogen) atoms. The van der Waals surface area contributed by atoms with E-state index in [1.165, 1.54) is 36.5 Å². The molecule has 7 heteroatoms. The summed E-state index contributed by atoms with van der Waals surface area (Å²) in [4.78, 5) is 11.7. The molecule has 108 valence electrons. The van der Waals surface area contributed by atoms with Gasteiger partial charge in [-0.2, -0.15) is 5.10 Å². The molecule has 0 atom stereocenters. The predicted octanol–water partition coefficient (Wildman–Crippen LogP) is 1.27. The molecule has 0 heterocycles. The third-order valence-electron chi connectivity index (χ3n) is 2.54. The summed E-state index contributed by atoms with van der Waals surface area (Å²) in [7, 11) is 0. The number of hydrogen-bond donors (Lipinski definition) is 5. The average molecular weight is 288 g/mol. The van der Waals surface area contributed by atoms with Gasteiger partial charge < -0.3 is 20.4 Å². The molecule has 0 radical (unpaired) electrons. The van der Waals surface area contributed by atoms with Gasteiger partial charge in [0.2, 0.25) is 0 Å². The molecule has 1 amide bonds. The Morgan fingerprint density at radius 2 is 1.62 bits per heavy atom. The minimum Gasteiger partial charge on any atom is -0.508 e. The summed E-state index contributed by atoms with van der Waals surface area (Å²) in [6.07, 6.45) is 1.26. The van der Waals surface area contributed by atoms with Crippen LogP contribution in [0.3, 0.4) is 0 Å². The van der Waals surface area contributed by atoms with Crippen molar-refractivity contribution in [1.82, 2.24) is 5.43 Å². The highest BCUT2D eigenvalue weighted by molar-refractivity contribution is 5.95. The van der Waals surface area contributed by atoms with Gasteiger partial charge in [-0.15, -0.1) is 0 Å². The zero-order chi connectivity index (χ0) is 15.4. The van der Waals surface area contributed by atoms with Gasteiger partial charge in [0.1, 0.15) is 11.5 Å². The van der Waals surface area contributed by atoms with Crippen LogP contribution in [0.2, 0.25) is 0 Å². The van der Waals surface area contributed by atoms with Gasteiger partial charge in [-0.25, -0.2) is 5.43 Å². The molecule has 0 spiro atoms. The van der Waals surface area contributed by atoms with Gasteiger partial charge in [0, 0.05) is 11.6 Å². The highest BCUT2D eigenvalue weighted by Crippen LogP contribution is 2.24. The Morgan fingerprint density at radius 3 is 2.24 bits per heavy atom. The van der Waals surface area contributed by atoms with Crippen molar-refractivity contribution >= 4 is 12.1 Å². The van der Waals surface area contributed by atoms with Crippen LogP contribution in [0.5, 0.6) is 23.0 Å². The second kappa shape index (κ2) is 5.83. The monoisotopic (exact) mass is 288 g/mol. The lowest BCUT2D eigenvalue weighted by atomic mass is 10.2. The van der Waals surface area contributed by atoms with E-state index in [1.54, 1.807) is 0 Å². The number of phenols is 4. The Bertz CT molecular complexity index is 692. The second-order valence-electron chi connectivity index (χ2n) is 4.19. The smallest absolute Gasteiger partial charge is 0.271 e. The topological polar surface area (TPSA) is 122 Å². The largest absolute Gasteiger partial charge is 0.508 e. The predicted molar refractivity (Wildman–Crippen MR) is 74.6 cm³/mol. The maximum atomic E-state index is 11.7. The zero-order valence-electron chi connectivity index (χ0n) is 10.7. The number of nitrogens with zero attached hydrogens (tertiary/aromatic N) is 1. The van der Waals surface area contributed by atoms with Gasteiger partial charge in [0.05, 0.1) is 6.21 Å². The number of carbonyl (C=O) groups is 1. The molecule has 0 saturated heterocycles. The van der Waals surface area contributed by atoms with Gasteiger partial charge in [0.15, 0.2) is 11.5 Å². The maximum Gasteiger partial charge on any atom is 0.271 e. The Kier molecular flexibility index (Phi) is 3.94. The van der Waals surface area contributed by atoms with E-state index in [0.29, 0.717) is 5.56 Å². The normalized spacial score (nSPS) is 10.7. The van der Waals surface area contributed by atoms with E-state index in [9.17, 15) is 20.1 Å². The quantitative estimate of drug-likeness (QED) is 0.331. The Hall–Kier alpha value is -3.22. The van der Waals surface area contributed by atoms with Crippen LogP contribution in [-0.2, 0) is 0 Å². The Morgan fingerprint density at radius 1 is 0.952 bits per heavy atom. The average Bonchev–Trinajstić information content (AvgIpc) is 2.41. The van der Waals surface area contributed by atoms with Crippen molar-refractivity contribution in [3.63, 3.8) is 0 Å². The SMILES string of the molecule is O=C(N/N=C/c1ccc(O)c(O)c1)c1cc(O)cc(O)c1. The fourth-order valence-electron chi connectivity index (χ4n) is 1.58. The number of amides is 1. The number of hydrazone groups is 1. The van der Waals surface area contributed by atoms with Crippen molar-refractivity contribution in [2.45, 2.75) is 0 Å². The first-order valence-electron chi connectivity index (χ1n) is 5.84. The zero-order valence-corrected chi connectivity index (χ0v) is 10.7. The molecule has 2 rings (SSSR count). The second-order valence-corrected chi connectivity index (χ2v) is 4.19. The molecular weight excluding hydrogens is 276 g/mol. The van der Waals surface area contributed by atoms with Crippen molar-refractivity contribution in [3.05, 3.63) is 47.5 Å². The summed E-state index contributed by atoms with van der Waals surface area (Å²) in [5, 5.41) is 40.7. The standard InChI is InChI=1S/C14H12N2O5/c17-10-4-9(5-11(18)6-10)14(21)16-15-7-8-1-2-12(19)13(20)3-8/h1-7,17-20H,(H,16,21)/b15-7+. The minimum atomic E-state index is -0.625. The molecule has 0 aliphatic carbocycles. The van der Waals surface area contributed by atoms with Crippen molar-refractivity contribution in [3.8, 4) is 23.0 Å². The van der Waals surface area contributed by atoms with Crippen LogP contribution in [0.4, 0.5) is 0 Å². The number of carbonyl (C=O) groups excluding carboxylic acids is 1. The van der Waals surface area contributed by atoms with Crippen LogP contribution >= 0.6 is 0 Å². The van der Waals surface area contributed by atoms with Crippen LogP contribution in [0.25, 0.3) is 0 Å². The van der Waals surface area contributed by atoms with Gasteiger partial charge >= 0.3 is 0 Å². The molecule has 0 fully saturated rings. The van der Waals surface area contributed by atoms with Crippen LogP contribution in [0, 0.1) is 0 Å². The first kappa shape index (κ1) is 14.2. The molecule has 2 aromatic rings. The number of hydrogen-bond acceptors (Lipinski definition) is 6. The van der Waals surface area contributed by atoms with E-state index >= 15 is 0 Å². The summed E-state index contributed by atoms with van der Waals surface area (Å²) in [6.45, 7) is 0. The number of benzene rings is 2. The number of aromatic hydroxyl groups is 4. The molecular formula is C14H12N2O5. The summed E-state index contributed by atoms with van der Waals surface area (Å²) in [5.41, 5.74) is 2.70. The number of nitrogens with one attached hydrogen (secondary N) is 1. The molecule has 0 aliphatic rings. The van der Waals surface area contributed by atoms with Crippen molar-refractivity contribution < 1.29 is 25.2 Å². The van der Waals surface area contributed by atoms with E-state index in [4.69, 9.17) is 5.11 Å². The van der Waals surface area contributed by atoms with E-state index in [1.807, 2.05) is 0 Å². The third-order valence-corrected chi connectivity index (χ3v) is 2.54. The first-order chi connectivity index (χ1) is 9.95. The van der Waals surface area contributed by atoms with E-state index < -0.39 is 5.91 Å². The van der Waals surface area contributed by atoms with Gasteiger partial charge in [-0.1, -0.05) is 0 Å². The van der Waals surface area contributed by atoms with Crippen molar-refractivity contribution in [1.29, 1.82) is 0 Å². The summed E-state index contributed by atoms with van der Waals surface area (Å²) >= 11 is 0. The molecule has 0 unspecified atom stereocenters. The number of phenolic OH excluding ortho intramolecular Hbond substituents is 4. The van der Waals surface area contributed by atoms with Gasteiger partial charge in [-0.3, -0.25) is 4.79 Å². The van der Waals surface area contributed by atoms with Crippen LogP contribution in [-0.4, -0.2) is 32.5 Å². The highest BCUT2D eigenvalue weighted by Gasteiger charge is 2.07. The van der Waals surface area contributed by atoms with Crippen molar-refractivity contribution in [2.75, 3.05) is 0 Å². The third kappa shape index (κ3) is 3.63. The fraction of sp³-hybridized carbons (Fsp3) is 0. The van der Waals surface area contributed by atoms with Crippen LogP contribution in [0.15, 0.2) is 41.5 Å². The van der Waals surface area contributed by atoms with Gasteiger partial charge in [0.25, 0.3) is 5.91 Å². The summed E-state index contributed by atoms with van der Waals surface area (Å²) < 4.78 is 0. The van der Waals surface area contributed by atoms with E-state index in [2.05, 4.69) is 10.5 Å². The molecule has 0 bridgehead atoms. The summed E-state index contributed by atoms with van der Waals surface area (Å²) in [6, 6.07) is 7.50. The molecule has 7 nitrogen and oxygen atoms in total. The Labute approximate surface area is 119 Å². The van der Waals surface area contributed by atoms with Crippen molar-refractivity contribution in [2.24, 2.45) is 5.10 Å². The molecule has 0 aliphatic heterocycles. The fourth-order valence-corrected chi connectivity index (χ4v) is 1.58. The summed E-state index contributed by atoms with van der Waals surface area (Å²) in [5.74, 6) is -1.67. The first-order valence-corrected chi connectivity index (χ1v) is 5.84. The molecule has 2 aromatic carbocycles. The molecule has 0 aromatic heterocycles. The molecule has 0 saturated carbocycles. The highest BCUT2D eigenvalue weighted by atomic mass is 16.3. The lowest BCUT2D eigenvalue weighted by Gasteiger charge is -2.02. The lowest BCUT2D eigenvalue weighted by Crippen LogP contribution is -2.17. The lowest BCUT2D eigenvalue weighted by molar-refractivity contribution is 0.0954. The van der Waals surface area contributed by atoms with Crippen LogP contribution < -0.4 is 5.43 Å². The van der Waals surface area contributed by atoms with Gasteiger partial charge in [-0.05, 0) is 35.9 Å². The molecule has 5 N–H and O–H groups in total. The maximum absolute atomic E-state index is 11.7. The van der Waals surface area contributed by atoms with E-state index in [-0.39, 0.29) is 28.6 Å².